The van der Waals surface area contributed by atoms with Gasteiger partial charge < -0.3 is 19.3 Å². The van der Waals surface area contributed by atoms with Crippen molar-refractivity contribution in [1.82, 2.24) is 29.5 Å². The van der Waals surface area contributed by atoms with Crippen molar-refractivity contribution in [3.63, 3.8) is 0 Å². The second kappa shape index (κ2) is 10.3. The number of halogens is 1. The molecule has 1 unspecified atom stereocenters. The number of anilines is 1. The van der Waals surface area contributed by atoms with Crippen molar-refractivity contribution in [1.29, 1.82) is 0 Å². The van der Waals surface area contributed by atoms with Crippen molar-refractivity contribution in [2.45, 2.75) is 45.1 Å². The number of hydrogen-bond acceptors (Lipinski definition) is 9. The molecule has 1 amide bonds. The standard InChI is InChI=1S/C28H30ClN7O3S/c1-16-20(14-30-27(31-16)18-3-4-18)25-26-22(32-28-36(26)33-17(2)40-28)7-8-35(25)24(37)15-39-23-6-5-19(13-21(23)29)34-9-11-38-12-10-34/h5-6,13-14,18,25H,3-4,7-12,15H2,1-2H3. The highest BCUT2D eigenvalue weighted by Crippen LogP contribution is 2.41. The van der Waals surface area contributed by atoms with Crippen molar-refractivity contribution in [2.75, 3.05) is 44.4 Å². The average molecular weight is 580 g/mol. The van der Waals surface area contributed by atoms with E-state index in [1.54, 1.807) is 11.3 Å². The zero-order valence-electron chi connectivity index (χ0n) is 22.5. The van der Waals surface area contributed by atoms with E-state index >= 15 is 0 Å². The molecule has 0 N–H and O–H groups in total. The van der Waals surface area contributed by atoms with Gasteiger partial charge in [-0.25, -0.2) is 19.5 Å². The lowest BCUT2D eigenvalue weighted by Gasteiger charge is -2.35. The van der Waals surface area contributed by atoms with Gasteiger partial charge in [-0.3, -0.25) is 4.79 Å². The Hall–Kier alpha value is -3.28. The monoisotopic (exact) mass is 579 g/mol. The Morgan fingerprint density at radius 1 is 1.18 bits per heavy atom. The molecule has 1 atom stereocenters. The van der Waals surface area contributed by atoms with E-state index in [0.717, 1.165) is 70.1 Å². The summed E-state index contributed by atoms with van der Waals surface area (Å²) in [5, 5.41) is 6.12. The molecule has 2 aliphatic heterocycles. The van der Waals surface area contributed by atoms with Crippen LogP contribution in [-0.2, 0) is 16.0 Å². The van der Waals surface area contributed by atoms with Crippen LogP contribution in [0, 0.1) is 13.8 Å². The van der Waals surface area contributed by atoms with Crippen LogP contribution >= 0.6 is 22.9 Å². The molecule has 208 valence electrons. The van der Waals surface area contributed by atoms with Crippen molar-refractivity contribution in [3.05, 3.63) is 62.9 Å². The number of imidazole rings is 1. The van der Waals surface area contributed by atoms with E-state index in [2.05, 4.69) is 4.90 Å². The van der Waals surface area contributed by atoms with Crippen LogP contribution in [0.25, 0.3) is 4.96 Å². The Bertz CT molecular complexity index is 1590. The van der Waals surface area contributed by atoms with Crippen LogP contribution in [0.4, 0.5) is 5.69 Å². The minimum absolute atomic E-state index is 0.138. The van der Waals surface area contributed by atoms with Crippen LogP contribution < -0.4 is 9.64 Å². The van der Waals surface area contributed by atoms with Crippen LogP contribution in [-0.4, -0.2) is 74.8 Å². The lowest BCUT2D eigenvalue weighted by molar-refractivity contribution is -0.135. The van der Waals surface area contributed by atoms with Gasteiger partial charge in [0.2, 0.25) is 4.96 Å². The van der Waals surface area contributed by atoms with Gasteiger partial charge in [-0.15, -0.1) is 0 Å². The molecule has 1 aromatic carbocycles. The summed E-state index contributed by atoms with van der Waals surface area (Å²) in [6.07, 6.45) is 4.79. The Balaban J connectivity index is 1.17. The van der Waals surface area contributed by atoms with E-state index in [0.29, 0.717) is 42.9 Å². The summed E-state index contributed by atoms with van der Waals surface area (Å²) in [5.41, 5.74) is 4.64. The molecular weight excluding hydrogens is 550 g/mol. The molecule has 0 bridgehead atoms. The summed E-state index contributed by atoms with van der Waals surface area (Å²) in [6.45, 7) is 7.36. The summed E-state index contributed by atoms with van der Waals surface area (Å²) in [6, 6.07) is 5.28. The summed E-state index contributed by atoms with van der Waals surface area (Å²) in [7, 11) is 0. The highest BCUT2D eigenvalue weighted by molar-refractivity contribution is 7.16. The topological polar surface area (TPSA) is 98.0 Å². The summed E-state index contributed by atoms with van der Waals surface area (Å²) in [4.78, 5) is 33.1. The lowest BCUT2D eigenvalue weighted by Crippen LogP contribution is -2.43. The predicted octanol–water partition coefficient (Wildman–Crippen LogP) is 4.12. The number of hydrogen-bond donors (Lipinski definition) is 0. The third-order valence-electron chi connectivity index (χ3n) is 7.81. The first-order chi connectivity index (χ1) is 19.5. The van der Waals surface area contributed by atoms with Gasteiger partial charge in [0.05, 0.1) is 29.6 Å². The molecule has 10 nitrogen and oxygen atoms in total. The highest BCUT2D eigenvalue weighted by atomic mass is 35.5. The number of fused-ring (bicyclic) bond motifs is 3. The largest absolute Gasteiger partial charge is 0.482 e. The third-order valence-corrected chi connectivity index (χ3v) is 8.93. The second-order valence-electron chi connectivity index (χ2n) is 10.5. The fourth-order valence-electron chi connectivity index (χ4n) is 5.59. The number of rotatable bonds is 6. The van der Waals surface area contributed by atoms with Crippen molar-refractivity contribution in [3.8, 4) is 5.75 Å². The third kappa shape index (κ3) is 4.69. The molecule has 3 aromatic heterocycles. The number of morpholine rings is 1. The van der Waals surface area contributed by atoms with Gasteiger partial charge in [0.1, 0.15) is 22.6 Å². The van der Waals surface area contributed by atoms with E-state index < -0.39 is 6.04 Å². The minimum Gasteiger partial charge on any atom is -0.482 e. The fraction of sp³-hybridized carbons (Fsp3) is 0.464. The normalized spacial score (nSPS) is 19.2. The number of aryl methyl sites for hydroxylation is 2. The molecule has 1 aliphatic carbocycles. The number of ether oxygens (including phenoxy) is 2. The molecular formula is C28H30ClN7O3S. The fourth-order valence-corrected chi connectivity index (χ4v) is 6.59. The molecule has 2 fully saturated rings. The Morgan fingerprint density at radius 2 is 2.00 bits per heavy atom. The molecule has 1 saturated carbocycles. The number of nitrogens with zero attached hydrogens (tertiary/aromatic N) is 7. The maximum absolute atomic E-state index is 13.8. The van der Waals surface area contributed by atoms with Crippen LogP contribution in [0.3, 0.4) is 0 Å². The minimum atomic E-state index is -0.413. The number of amides is 1. The van der Waals surface area contributed by atoms with E-state index in [4.69, 9.17) is 41.1 Å². The van der Waals surface area contributed by atoms with Gasteiger partial charge in [-0.1, -0.05) is 22.9 Å². The molecule has 0 radical (unpaired) electrons. The highest BCUT2D eigenvalue weighted by Gasteiger charge is 2.38. The predicted molar refractivity (Wildman–Crippen MR) is 152 cm³/mol. The zero-order valence-corrected chi connectivity index (χ0v) is 24.0. The van der Waals surface area contributed by atoms with E-state index in [9.17, 15) is 4.79 Å². The number of carbonyl (C=O) groups excluding carboxylic acids is 1. The number of benzene rings is 1. The van der Waals surface area contributed by atoms with Gasteiger partial charge in [0.15, 0.2) is 6.61 Å². The maximum atomic E-state index is 13.8. The Kier molecular flexibility index (Phi) is 6.60. The zero-order chi connectivity index (χ0) is 27.4. The Morgan fingerprint density at radius 3 is 2.75 bits per heavy atom. The average Bonchev–Trinajstić information content (AvgIpc) is 3.67. The first-order valence-electron chi connectivity index (χ1n) is 13.7. The van der Waals surface area contributed by atoms with E-state index in [1.165, 1.54) is 0 Å². The molecule has 4 aromatic rings. The van der Waals surface area contributed by atoms with Gasteiger partial charge in [0, 0.05) is 55.1 Å². The van der Waals surface area contributed by atoms with Crippen LogP contribution in [0.2, 0.25) is 5.02 Å². The van der Waals surface area contributed by atoms with Gasteiger partial charge >= 0.3 is 0 Å². The molecule has 12 heteroatoms. The van der Waals surface area contributed by atoms with Crippen molar-refractivity contribution >= 4 is 39.5 Å². The summed E-state index contributed by atoms with van der Waals surface area (Å²) < 4.78 is 13.3. The Labute approximate surface area is 240 Å². The molecule has 1 saturated heterocycles. The molecule has 7 rings (SSSR count). The molecule has 5 heterocycles. The number of carbonyl (C=O) groups is 1. The van der Waals surface area contributed by atoms with Crippen molar-refractivity contribution in [2.24, 2.45) is 0 Å². The molecule has 0 spiro atoms. The van der Waals surface area contributed by atoms with Crippen LogP contribution in [0.15, 0.2) is 24.4 Å². The first-order valence-corrected chi connectivity index (χ1v) is 14.9. The smallest absolute Gasteiger partial charge is 0.261 e. The lowest BCUT2D eigenvalue weighted by atomic mass is 9.95. The van der Waals surface area contributed by atoms with Crippen molar-refractivity contribution < 1.29 is 14.3 Å². The van der Waals surface area contributed by atoms with Gasteiger partial charge in [-0.2, -0.15) is 5.10 Å². The van der Waals surface area contributed by atoms with Crippen LogP contribution in [0.1, 0.15) is 58.3 Å². The maximum Gasteiger partial charge on any atom is 0.261 e. The summed E-state index contributed by atoms with van der Waals surface area (Å²) >= 11 is 8.13. The second-order valence-corrected chi connectivity index (χ2v) is 12.1. The molecule has 3 aliphatic rings. The quantitative estimate of drug-likeness (QED) is 0.336. The molecule has 40 heavy (non-hydrogen) atoms. The van der Waals surface area contributed by atoms with E-state index in [1.807, 2.05) is 47.7 Å². The van der Waals surface area contributed by atoms with Gasteiger partial charge in [-0.05, 0) is 44.9 Å². The SMILES string of the molecule is Cc1nn2c3c(nc2s1)CCN(C(=O)COc1ccc(N2CCOCC2)cc1Cl)C3c1cnc(C2CC2)nc1C. The first kappa shape index (κ1) is 25.7. The summed E-state index contributed by atoms with van der Waals surface area (Å²) in [5.74, 6) is 1.67. The number of aromatic nitrogens is 5. The van der Waals surface area contributed by atoms with Crippen LogP contribution in [0.5, 0.6) is 5.75 Å². The van der Waals surface area contributed by atoms with E-state index in [-0.39, 0.29) is 12.5 Å². The van der Waals surface area contributed by atoms with Gasteiger partial charge in [0.25, 0.3) is 5.91 Å².